The largest absolute Gasteiger partial charge is 0.298 e. The van der Waals surface area contributed by atoms with Gasteiger partial charge in [0.25, 0.3) is 0 Å². The molecule has 0 saturated carbocycles. The fourth-order valence-corrected chi connectivity index (χ4v) is 3.03. The van der Waals surface area contributed by atoms with Crippen molar-refractivity contribution in [3.63, 3.8) is 0 Å². The fraction of sp³-hybridized carbons (Fsp3) is 1.00. The summed E-state index contributed by atoms with van der Waals surface area (Å²) in [6, 6.07) is 0. The molecule has 2 heterocycles. The Morgan fingerprint density at radius 2 is 2.31 bits per heavy atom. The molecule has 0 bridgehead atoms. The maximum Gasteiger partial charge on any atom is 0.239 e. The second-order valence-corrected chi connectivity index (χ2v) is 4.74. The van der Waals surface area contributed by atoms with Gasteiger partial charge in [0.15, 0.2) is 0 Å². The zero-order valence-corrected chi connectivity index (χ0v) is 8.10. The molecule has 2 aliphatic rings. The minimum absolute atomic E-state index is 0.103. The maximum absolute atomic E-state index is 12.2. The van der Waals surface area contributed by atoms with Crippen LogP contribution < -0.4 is 0 Å². The molecule has 0 spiro atoms. The van der Waals surface area contributed by atoms with Gasteiger partial charge in [0.2, 0.25) is 6.43 Å². The standard InChI is InChI=1S/C10H17F2N/c1-10-3-2-4-13(10)7-8(6-10)5-9(11)12/h8-9H,2-7H2,1H3. The van der Waals surface area contributed by atoms with E-state index in [0.29, 0.717) is 0 Å². The number of hydrogen-bond donors (Lipinski definition) is 0. The molecule has 0 aromatic carbocycles. The van der Waals surface area contributed by atoms with E-state index < -0.39 is 6.43 Å². The third-order valence-corrected chi connectivity index (χ3v) is 3.63. The minimum atomic E-state index is -2.12. The van der Waals surface area contributed by atoms with E-state index in [-0.39, 0.29) is 17.9 Å². The van der Waals surface area contributed by atoms with E-state index in [9.17, 15) is 8.78 Å². The summed E-state index contributed by atoms with van der Waals surface area (Å²) in [6.07, 6.45) is 1.42. The molecular formula is C10H17F2N. The molecule has 2 unspecified atom stereocenters. The highest BCUT2D eigenvalue weighted by Crippen LogP contribution is 2.42. The summed E-state index contributed by atoms with van der Waals surface area (Å²) in [5.74, 6) is 0.241. The van der Waals surface area contributed by atoms with E-state index in [2.05, 4.69) is 11.8 Å². The number of rotatable bonds is 2. The van der Waals surface area contributed by atoms with Gasteiger partial charge in [-0.3, -0.25) is 4.90 Å². The van der Waals surface area contributed by atoms with Crippen LogP contribution in [-0.2, 0) is 0 Å². The molecule has 0 amide bonds. The summed E-state index contributed by atoms with van der Waals surface area (Å²) < 4.78 is 24.3. The zero-order valence-electron chi connectivity index (χ0n) is 8.10. The van der Waals surface area contributed by atoms with Gasteiger partial charge in [-0.25, -0.2) is 8.78 Å². The number of nitrogens with zero attached hydrogens (tertiary/aromatic N) is 1. The first-order chi connectivity index (χ1) is 6.10. The van der Waals surface area contributed by atoms with Crippen LogP contribution in [0.15, 0.2) is 0 Å². The smallest absolute Gasteiger partial charge is 0.239 e. The molecule has 0 radical (unpaired) electrons. The zero-order chi connectivity index (χ0) is 9.47. The van der Waals surface area contributed by atoms with Gasteiger partial charge in [0.05, 0.1) is 0 Å². The molecule has 0 N–H and O–H groups in total. The van der Waals surface area contributed by atoms with Gasteiger partial charge >= 0.3 is 0 Å². The molecular weight excluding hydrogens is 172 g/mol. The van der Waals surface area contributed by atoms with Gasteiger partial charge in [0, 0.05) is 18.5 Å². The van der Waals surface area contributed by atoms with E-state index in [1.807, 2.05) is 0 Å². The molecule has 2 aliphatic heterocycles. The van der Waals surface area contributed by atoms with Crippen molar-refractivity contribution in [3.05, 3.63) is 0 Å². The highest BCUT2D eigenvalue weighted by Gasteiger charge is 2.44. The van der Waals surface area contributed by atoms with Crippen LogP contribution in [0.1, 0.15) is 32.6 Å². The molecule has 2 rings (SSSR count). The first kappa shape index (κ1) is 9.38. The minimum Gasteiger partial charge on any atom is -0.298 e. The first-order valence-corrected chi connectivity index (χ1v) is 5.13. The average molecular weight is 189 g/mol. The van der Waals surface area contributed by atoms with Crippen molar-refractivity contribution in [2.75, 3.05) is 13.1 Å². The Kier molecular flexibility index (Phi) is 2.30. The quantitative estimate of drug-likeness (QED) is 0.645. The lowest BCUT2D eigenvalue weighted by molar-refractivity contribution is 0.115. The third kappa shape index (κ3) is 1.71. The summed E-state index contributed by atoms with van der Waals surface area (Å²) >= 11 is 0. The molecule has 1 nitrogen and oxygen atoms in total. The van der Waals surface area contributed by atoms with E-state index in [4.69, 9.17) is 0 Å². The van der Waals surface area contributed by atoms with Crippen molar-refractivity contribution in [3.8, 4) is 0 Å². The summed E-state index contributed by atoms with van der Waals surface area (Å²) in [4.78, 5) is 2.40. The van der Waals surface area contributed by atoms with Crippen molar-refractivity contribution >= 4 is 0 Å². The Labute approximate surface area is 78.1 Å². The summed E-state index contributed by atoms with van der Waals surface area (Å²) in [5, 5.41) is 0. The Balaban J connectivity index is 1.94. The van der Waals surface area contributed by atoms with Crippen molar-refractivity contribution in [2.24, 2.45) is 5.92 Å². The molecule has 3 heteroatoms. The van der Waals surface area contributed by atoms with Crippen molar-refractivity contribution in [1.29, 1.82) is 0 Å². The van der Waals surface area contributed by atoms with Gasteiger partial charge in [0.1, 0.15) is 0 Å². The predicted octanol–water partition coefficient (Wildman–Crippen LogP) is 2.52. The topological polar surface area (TPSA) is 3.24 Å². The predicted molar refractivity (Wildman–Crippen MR) is 47.9 cm³/mol. The van der Waals surface area contributed by atoms with Gasteiger partial charge in [-0.2, -0.15) is 0 Å². The molecule has 2 saturated heterocycles. The molecule has 2 fully saturated rings. The first-order valence-electron chi connectivity index (χ1n) is 5.13. The van der Waals surface area contributed by atoms with Crippen LogP contribution >= 0.6 is 0 Å². The Bertz CT molecular complexity index is 195. The normalized spacial score (nSPS) is 40.2. The fourth-order valence-electron chi connectivity index (χ4n) is 3.03. The lowest BCUT2D eigenvalue weighted by Gasteiger charge is -2.26. The summed E-state index contributed by atoms with van der Waals surface area (Å²) in [7, 11) is 0. The second-order valence-electron chi connectivity index (χ2n) is 4.74. The van der Waals surface area contributed by atoms with Crippen LogP contribution in [0.4, 0.5) is 8.78 Å². The summed E-state index contributed by atoms with van der Waals surface area (Å²) in [5.41, 5.74) is 0.263. The van der Waals surface area contributed by atoms with Crippen LogP contribution in [-0.4, -0.2) is 30.0 Å². The monoisotopic (exact) mass is 189 g/mol. The van der Waals surface area contributed by atoms with Crippen molar-refractivity contribution in [2.45, 2.75) is 44.6 Å². The number of halogens is 2. The highest BCUT2D eigenvalue weighted by atomic mass is 19.3. The molecule has 13 heavy (non-hydrogen) atoms. The summed E-state index contributed by atoms with van der Waals surface area (Å²) in [6.45, 7) is 4.25. The van der Waals surface area contributed by atoms with E-state index >= 15 is 0 Å². The number of fused-ring (bicyclic) bond motifs is 1. The van der Waals surface area contributed by atoms with Crippen molar-refractivity contribution < 1.29 is 8.78 Å². The lowest BCUT2D eigenvalue weighted by Crippen LogP contribution is -2.34. The maximum atomic E-state index is 12.2. The van der Waals surface area contributed by atoms with Crippen LogP contribution in [0, 0.1) is 5.92 Å². The Morgan fingerprint density at radius 3 is 2.92 bits per heavy atom. The van der Waals surface area contributed by atoms with Gasteiger partial charge in [-0.1, -0.05) is 0 Å². The molecule has 2 atom stereocenters. The number of alkyl halides is 2. The third-order valence-electron chi connectivity index (χ3n) is 3.63. The van der Waals surface area contributed by atoms with E-state index in [1.54, 1.807) is 0 Å². The van der Waals surface area contributed by atoms with Gasteiger partial charge < -0.3 is 0 Å². The average Bonchev–Trinajstić information content (AvgIpc) is 2.40. The van der Waals surface area contributed by atoms with Gasteiger partial charge in [-0.05, 0) is 38.6 Å². The number of hydrogen-bond acceptors (Lipinski definition) is 1. The Hall–Kier alpha value is -0.180. The second kappa shape index (κ2) is 3.19. The van der Waals surface area contributed by atoms with Gasteiger partial charge in [-0.15, -0.1) is 0 Å². The van der Waals surface area contributed by atoms with E-state index in [0.717, 1.165) is 19.5 Å². The molecule has 76 valence electrons. The van der Waals surface area contributed by atoms with E-state index in [1.165, 1.54) is 12.8 Å². The van der Waals surface area contributed by atoms with Crippen LogP contribution in [0.5, 0.6) is 0 Å². The molecule has 0 aliphatic carbocycles. The Morgan fingerprint density at radius 1 is 1.54 bits per heavy atom. The van der Waals surface area contributed by atoms with Crippen molar-refractivity contribution in [1.82, 2.24) is 4.90 Å². The highest BCUT2D eigenvalue weighted by molar-refractivity contribution is 4.99. The lowest BCUT2D eigenvalue weighted by atomic mass is 9.91. The SMILES string of the molecule is CC12CCCN1CC(CC(F)F)C2. The van der Waals surface area contributed by atoms with Crippen LogP contribution in [0.3, 0.4) is 0 Å². The molecule has 0 aromatic rings. The molecule has 0 aromatic heterocycles. The van der Waals surface area contributed by atoms with Crippen LogP contribution in [0.25, 0.3) is 0 Å². The van der Waals surface area contributed by atoms with Crippen LogP contribution in [0.2, 0.25) is 0 Å².